The Kier molecular flexibility index (Phi) is 4.76. The van der Waals surface area contributed by atoms with Crippen LogP contribution in [0.3, 0.4) is 0 Å². The summed E-state index contributed by atoms with van der Waals surface area (Å²) < 4.78 is 7.42. The van der Waals surface area contributed by atoms with Crippen molar-refractivity contribution in [2.45, 2.75) is 58.1 Å². The first-order valence-corrected chi connectivity index (χ1v) is 8.50. The van der Waals surface area contributed by atoms with Crippen molar-refractivity contribution in [1.82, 2.24) is 19.9 Å². The lowest BCUT2D eigenvalue weighted by Crippen LogP contribution is -2.53. The zero-order valence-corrected chi connectivity index (χ0v) is 13.6. The lowest BCUT2D eigenvalue weighted by molar-refractivity contribution is -0.143. The van der Waals surface area contributed by atoms with Crippen LogP contribution in [-0.2, 0) is 16.0 Å². The highest BCUT2D eigenvalue weighted by molar-refractivity contribution is 5.80. The van der Waals surface area contributed by atoms with Gasteiger partial charge in [-0.15, -0.1) is 5.10 Å². The number of carbonyl (C=O) groups excluding carboxylic acids is 1. The quantitative estimate of drug-likeness (QED) is 0.752. The number of hydrogen-bond acceptors (Lipinski definition) is 4. The Balaban J connectivity index is 1.47. The first-order chi connectivity index (χ1) is 10.7. The molecule has 0 bridgehead atoms. The van der Waals surface area contributed by atoms with Crippen molar-refractivity contribution in [3.8, 4) is 0 Å². The average Bonchev–Trinajstić information content (AvgIpc) is 3.07. The highest BCUT2D eigenvalue weighted by Crippen LogP contribution is 2.28. The van der Waals surface area contributed by atoms with Crippen LogP contribution in [0, 0.1) is 5.92 Å². The van der Waals surface area contributed by atoms with E-state index in [4.69, 9.17) is 4.74 Å². The van der Waals surface area contributed by atoms with E-state index in [1.54, 1.807) is 0 Å². The van der Waals surface area contributed by atoms with Crippen LogP contribution < -0.4 is 0 Å². The van der Waals surface area contributed by atoms with Gasteiger partial charge in [0.1, 0.15) is 0 Å². The number of unbranched alkanes of at least 4 members (excludes halogenated alkanes) is 2. The molecule has 2 saturated heterocycles. The minimum Gasteiger partial charge on any atom is -0.378 e. The molecule has 2 fully saturated rings. The highest BCUT2D eigenvalue weighted by Gasteiger charge is 2.39. The fourth-order valence-electron chi connectivity index (χ4n) is 3.26. The number of aryl methyl sites for hydroxylation is 1. The topological polar surface area (TPSA) is 60.2 Å². The van der Waals surface area contributed by atoms with Gasteiger partial charge >= 0.3 is 0 Å². The van der Waals surface area contributed by atoms with E-state index in [1.807, 2.05) is 22.7 Å². The lowest BCUT2D eigenvalue weighted by atomic mass is 9.98. The number of hydrogen-bond donors (Lipinski definition) is 0. The second kappa shape index (κ2) is 6.77. The molecule has 0 aliphatic carbocycles. The molecule has 6 heteroatoms. The van der Waals surface area contributed by atoms with E-state index in [0.29, 0.717) is 6.61 Å². The number of carbonyl (C=O) groups is 1. The molecule has 2 aliphatic heterocycles. The molecule has 2 atom stereocenters. The molecule has 22 heavy (non-hydrogen) atoms. The minimum atomic E-state index is 0.0429. The van der Waals surface area contributed by atoms with Crippen LogP contribution in [0.2, 0.25) is 0 Å². The van der Waals surface area contributed by atoms with Crippen LogP contribution in [0.1, 0.15) is 51.3 Å². The molecule has 0 aromatic carbocycles. The van der Waals surface area contributed by atoms with Crippen molar-refractivity contribution in [3.05, 3.63) is 11.9 Å². The van der Waals surface area contributed by atoms with Crippen LogP contribution in [0.25, 0.3) is 0 Å². The fourth-order valence-corrected chi connectivity index (χ4v) is 3.26. The van der Waals surface area contributed by atoms with Gasteiger partial charge in [-0.3, -0.25) is 4.79 Å². The fraction of sp³-hybridized carbons (Fsp3) is 0.812. The van der Waals surface area contributed by atoms with Crippen LogP contribution in [0.5, 0.6) is 0 Å². The Morgan fingerprint density at radius 3 is 2.91 bits per heavy atom. The second-order valence-electron chi connectivity index (χ2n) is 6.52. The molecule has 2 aliphatic rings. The molecule has 6 nitrogen and oxygen atoms in total. The lowest BCUT2D eigenvalue weighted by Gasteiger charge is -2.40. The molecule has 1 aromatic heterocycles. The normalized spacial score (nSPS) is 25.5. The zero-order valence-electron chi connectivity index (χ0n) is 13.6. The summed E-state index contributed by atoms with van der Waals surface area (Å²) in [7, 11) is 0. The first kappa shape index (κ1) is 15.5. The Morgan fingerprint density at radius 2 is 2.23 bits per heavy atom. The van der Waals surface area contributed by atoms with Crippen molar-refractivity contribution < 1.29 is 9.53 Å². The maximum absolute atomic E-state index is 12.4. The third kappa shape index (κ3) is 3.16. The summed E-state index contributed by atoms with van der Waals surface area (Å²) in [6, 6.07) is 0.286. The molecule has 3 heterocycles. The molecule has 122 valence electrons. The van der Waals surface area contributed by atoms with Crippen molar-refractivity contribution in [2.75, 3.05) is 19.7 Å². The van der Waals surface area contributed by atoms with Gasteiger partial charge in [-0.25, -0.2) is 4.68 Å². The van der Waals surface area contributed by atoms with Crippen LogP contribution in [0.4, 0.5) is 0 Å². The predicted molar refractivity (Wildman–Crippen MR) is 82.4 cm³/mol. The summed E-state index contributed by atoms with van der Waals surface area (Å²) in [6.07, 6.45) is 7.58. The molecule has 2 unspecified atom stereocenters. The van der Waals surface area contributed by atoms with E-state index in [2.05, 4.69) is 17.2 Å². The summed E-state index contributed by atoms with van der Waals surface area (Å²) >= 11 is 0. The van der Waals surface area contributed by atoms with Gasteiger partial charge in [-0.2, -0.15) is 0 Å². The van der Waals surface area contributed by atoms with E-state index < -0.39 is 0 Å². The molecular formula is C16H26N4O2. The SMILES string of the molecule is CCCCCc1cn(C2CN(C(=O)C3CCOC3C)C2)nn1. The second-order valence-corrected chi connectivity index (χ2v) is 6.52. The number of nitrogens with zero attached hydrogens (tertiary/aromatic N) is 4. The minimum absolute atomic E-state index is 0.0429. The maximum Gasteiger partial charge on any atom is 0.228 e. The van der Waals surface area contributed by atoms with E-state index >= 15 is 0 Å². The van der Waals surface area contributed by atoms with Crippen LogP contribution in [0.15, 0.2) is 6.20 Å². The van der Waals surface area contributed by atoms with Gasteiger partial charge in [-0.1, -0.05) is 25.0 Å². The van der Waals surface area contributed by atoms with E-state index in [9.17, 15) is 4.79 Å². The standard InChI is InChI=1S/C16H26N4O2/c1-3-4-5-6-13-9-20(18-17-13)14-10-19(11-14)16(21)15-7-8-22-12(15)2/h9,12,14-15H,3-8,10-11H2,1-2H3. The van der Waals surface area contributed by atoms with Gasteiger partial charge in [-0.05, 0) is 26.2 Å². The molecule has 0 spiro atoms. The van der Waals surface area contributed by atoms with Crippen molar-refractivity contribution in [1.29, 1.82) is 0 Å². The van der Waals surface area contributed by atoms with Gasteiger partial charge in [0, 0.05) is 25.9 Å². The van der Waals surface area contributed by atoms with Gasteiger partial charge < -0.3 is 9.64 Å². The first-order valence-electron chi connectivity index (χ1n) is 8.50. The molecule has 0 N–H and O–H groups in total. The van der Waals surface area contributed by atoms with Gasteiger partial charge in [0.25, 0.3) is 0 Å². The Hall–Kier alpha value is -1.43. The summed E-state index contributed by atoms with van der Waals surface area (Å²) in [5, 5.41) is 8.47. The number of ether oxygens (including phenoxy) is 1. The molecular weight excluding hydrogens is 280 g/mol. The smallest absolute Gasteiger partial charge is 0.228 e. The van der Waals surface area contributed by atoms with E-state index in [-0.39, 0.29) is 24.0 Å². The third-order valence-electron chi connectivity index (χ3n) is 4.84. The molecule has 3 rings (SSSR count). The summed E-state index contributed by atoms with van der Waals surface area (Å²) in [4.78, 5) is 14.3. The van der Waals surface area contributed by atoms with Crippen molar-refractivity contribution in [2.24, 2.45) is 5.92 Å². The average molecular weight is 306 g/mol. The Bertz CT molecular complexity index is 510. The predicted octanol–water partition coefficient (Wildman–Crippen LogP) is 1.82. The highest BCUT2D eigenvalue weighted by atomic mass is 16.5. The molecule has 1 aromatic rings. The third-order valence-corrected chi connectivity index (χ3v) is 4.84. The van der Waals surface area contributed by atoms with Crippen molar-refractivity contribution >= 4 is 5.91 Å². The molecule has 0 radical (unpaired) electrons. The maximum atomic E-state index is 12.4. The van der Waals surface area contributed by atoms with E-state index in [1.165, 1.54) is 19.3 Å². The van der Waals surface area contributed by atoms with E-state index in [0.717, 1.165) is 31.6 Å². The summed E-state index contributed by atoms with van der Waals surface area (Å²) in [5.41, 5.74) is 1.07. The zero-order chi connectivity index (χ0) is 15.5. The van der Waals surface area contributed by atoms with Crippen LogP contribution >= 0.6 is 0 Å². The largest absolute Gasteiger partial charge is 0.378 e. The van der Waals surface area contributed by atoms with Crippen molar-refractivity contribution in [3.63, 3.8) is 0 Å². The number of rotatable bonds is 6. The van der Waals surface area contributed by atoms with Gasteiger partial charge in [0.15, 0.2) is 0 Å². The van der Waals surface area contributed by atoms with Crippen LogP contribution in [-0.4, -0.2) is 51.6 Å². The van der Waals surface area contributed by atoms with Gasteiger partial charge in [0.05, 0.1) is 23.8 Å². The number of likely N-dealkylation sites (tertiary alicyclic amines) is 1. The number of aromatic nitrogens is 3. The monoisotopic (exact) mass is 306 g/mol. The summed E-state index contributed by atoms with van der Waals surface area (Å²) in [6.45, 7) is 6.40. The Morgan fingerprint density at radius 1 is 1.41 bits per heavy atom. The molecule has 0 saturated carbocycles. The Labute approximate surface area is 131 Å². The number of amides is 1. The molecule has 1 amide bonds. The van der Waals surface area contributed by atoms with Gasteiger partial charge in [0.2, 0.25) is 5.91 Å². The summed E-state index contributed by atoms with van der Waals surface area (Å²) in [5.74, 6) is 0.283.